The van der Waals surface area contributed by atoms with Crippen LogP contribution in [0.1, 0.15) is 15.9 Å². The van der Waals surface area contributed by atoms with Gasteiger partial charge in [0.15, 0.2) is 22.4 Å². The van der Waals surface area contributed by atoms with Gasteiger partial charge < -0.3 is 9.47 Å². The summed E-state index contributed by atoms with van der Waals surface area (Å²) in [5.74, 6) is 1.27. The minimum atomic E-state index is -0.0440. The van der Waals surface area contributed by atoms with Crippen molar-refractivity contribution in [1.82, 2.24) is 14.8 Å². The molecule has 0 atom stereocenters. The van der Waals surface area contributed by atoms with Crippen molar-refractivity contribution >= 4 is 29.1 Å². The molecule has 0 radical (unpaired) electrons. The second-order valence-corrected chi connectivity index (χ2v) is 7.05. The molecule has 8 heteroatoms. The van der Waals surface area contributed by atoms with E-state index >= 15 is 0 Å². The molecule has 27 heavy (non-hydrogen) atoms. The second kappa shape index (κ2) is 8.45. The summed E-state index contributed by atoms with van der Waals surface area (Å²) in [6.07, 6.45) is 1.60. The number of ketones is 1. The van der Waals surface area contributed by atoms with Crippen LogP contribution in [-0.2, 0) is 0 Å². The molecule has 0 spiro atoms. The summed E-state index contributed by atoms with van der Waals surface area (Å²) in [6.45, 7) is 1.94. The SMILES string of the molecule is COc1ccc(C(=O)CSc2nncn2-c2ccc(C)c(Cl)c2)cc1OC. The van der Waals surface area contributed by atoms with Crippen LogP contribution in [0.4, 0.5) is 0 Å². The highest BCUT2D eigenvalue weighted by Crippen LogP contribution is 2.29. The number of carbonyl (C=O) groups excluding carboxylic acids is 1. The fourth-order valence-corrected chi connectivity index (χ4v) is 3.45. The van der Waals surface area contributed by atoms with E-state index in [1.54, 1.807) is 36.2 Å². The summed E-state index contributed by atoms with van der Waals surface area (Å²) in [7, 11) is 3.09. The summed E-state index contributed by atoms with van der Waals surface area (Å²) < 4.78 is 12.3. The maximum atomic E-state index is 12.6. The molecule has 2 aromatic carbocycles. The van der Waals surface area contributed by atoms with Crippen molar-refractivity contribution in [2.24, 2.45) is 0 Å². The van der Waals surface area contributed by atoms with E-state index in [4.69, 9.17) is 21.1 Å². The lowest BCUT2D eigenvalue weighted by Gasteiger charge is -2.09. The van der Waals surface area contributed by atoms with Gasteiger partial charge in [0.1, 0.15) is 6.33 Å². The first-order valence-electron chi connectivity index (χ1n) is 8.08. The van der Waals surface area contributed by atoms with Gasteiger partial charge >= 0.3 is 0 Å². The number of rotatable bonds is 7. The van der Waals surface area contributed by atoms with Crippen molar-refractivity contribution in [3.63, 3.8) is 0 Å². The van der Waals surface area contributed by atoms with E-state index < -0.39 is 0 Å². The van der Waals surface area contributed by atoms with E-state index in [1.165, 1.54) is 18.9 Å². The van der Waals surface area contributed by atoms with Crippen molar-refractivity contribution in [2.75, 3.05) is 20.0 Å². The molecular formula is C19H18ClN3O3S. The van der Waals surface area contributed by atoms with Crippen LogP contribution >= 0.6 is 23.4 Å². The predicted octanol–water partition coefficient (Wildman–Crippen LogP) is 4.22. The lowest BCUT2D eigenvalue weighted by molar-refractivity contribution is 0.102. The van der Waals surface area contributed by atoms with Crippen LogP contribution in [0.25, 0.3) is 5.69 Å². The lowest BCUT2D eigenvalue weighted by Crippen LogP contribution is -2.05. The molecule has 0 amide bonds. The van der Waals surface area contributed by atoms with Crippen LogP contribution in [0.3, 0.4) is 0 Å². The average molecular weight is 404 g/mol. The van der Waals surface area contributed by atoms with Crippen molar-refractivity contribution < 1.29 is 14.3 Å². The van der Waals surface area contributed by atoms with Crippen molar-refractivity contribution in [3.8, 4) is 17.2 Å². The predicted molar refractivity (Wildman–Crippen MR) is 106 cm³/mol. The Morgan fingerprint density at radius 2 is 1.93 bits per heavy atom. The minimum absolute atomic E-state index is 0.0440. The average Bonchev–Trinajstić information content (AvgIpc) is 3.16. The highest BCUT2D eigenvalue weighted by atomic mass is 35.5. The smallest absolute Gasteiger partial charge is 0.196 e. The third-order valence-corrected chi connectivity index (χ3v) is 5.34. The van der Waals surface area contributed by atoms with Crippen LogP contribution in [0, 0.1) is 6.92 Å². The van der Waals surface area contributed by atoms with Gasteiger partial charge in [0.2, 0.25) is 0 Å². The number of halogens is 1. The van der Waals surface area contributed by atoms with E-state index in [-0.39, 0.29) is 11.5 Å². The number of hydrogen-bond donors (Lipinski definition) is 0. The molecule has 3 aromatic rings. The monoisotopic (exact) mass is 403 g/mol. The molecule has 0 N–H and O–H groups in total. The minimum Gasteiger partial charge on any atom is -0.493 e. The van der Waals surface area contributed by atoms with Crippen LogP contribution < -0.4 is 9.47 Å². The zero-order chi connectivity index (χ0) is 19.4. The van der Waals surface area contributed by atoms with Crippen LogP contribution in [0.2, 0.25) is 5.02 Å². The largest absolute Gasteiger partial charge is 0.493 e. The molecule has 0 saturated heterocycles. The molecule has 3 rings (SSSR count). The number of nitrogens with zero attached hydrogens (tertiary/aromatic N) is 3. The summed E-state index contributed by atoms with van der Waals surface area (Å²) in [5, 5.41) is 9.34. The third kappa shape index (κ3) is 4.26. The first-order valence-corrected chi connectivity index (χ1v) is 9.44. The van der Waals surface area contributed by atoms with Gasteiger partial charge in [0.25, 0.3) is 0 Å². The summed E-state index contributed by atoms with van der Waals surface area (Å²) in [4.78, 5) is 12.6. The van der Waals surface area contributed by atoms with Gasteiger partial charge in [-0.15, -0.1) is 10.2 Å². The number of aromatic nitrogens is 3. The van der Waals surface area contributed by atoms with Crippen LogP contribution in [0.5, 0.6) is 11.5 Å². The number of thioether (sulfide) groups is 1. The number of Topliss-reactive ketones (excluding diaryl/α,β-unsaturated/α-hetero) is 1. The topological polar surface area (TPSA) is 66.2 Å². The molecule has 0 unspecified atom stereocenters. The highest BCUT2D eigenvalue weighted by Gasteiger charge is 2.14. The summed E-state index contributed by atoms with van der Waals surface area (Å²) in [5.41, 5.74) is 2.38. The van der Waals surface area contributed by atoms with E-state index in [2.05, 4.69) is 10.2 Å². The Bertz CT molecular complexity index is 975. The van der Waals surface area contributed by atoms with Gasteiger partial charge in [0, 0.05) is 10.6 Å². The van der Waals surface area contributed by atoms with Crippen molar-refractivity contribution in [3.05, 3.63) is 58.9 Å². The van der Waals surface area contributed by atoms with E-state index in [0.29, 0.717) is 27.2 Å². The fourth-order valence-electron chi connectivity index (χ4n) is 2.45. The maximum Gasteiger partial charge on any atom is 0.196 e. The van der Waals surface area contributed by atoms with Gasteiger partial charge in [0.05, 0.1) is 25.7 Å². The quantitative estimate of drug-likeness (QED) is 0.434. The van der Waals surface area contributed by atoms with E-state index in [0.717, 1.165) is 11.3 Å². The Hall–Kier alpha value is -2.51. The second-order valence-electron chi connectivity index (χ2n) is 5.70. The molecule has 0 aliphatic rings. The normalized spacial score (nSPS) is 10.7. The summed E-state index contributed by atoms with van der Waals surface area (Å²) >= 11 is 7.52. The van der Waals surface area contributed by atoms with Crippen LogP contribution in [0.15, 0.2) is 47.9 Å². The molecule has 0 saturated carbocycles. The molecule has 6 nitrogen and oxygen atoms in total. The Balaban J connectivity index is 1.75. The Morgan fingerprint density at radius 3 is 2.63 bits per heavy atom. The zero-order valence-electron chi connectivity index (χ0n) is 15.1. The fraction of sp³-hybridized carbons (Fsp3) is 0.211. The van der Waals surface area contributed by atoms with Gasteiger partial charge in [-0.1, -0.05) is 29.4 Å². The molecule has 0 aliphatic carbocycles. The lowest BCUT2D eigenvalue weighted by atomic mass is 10.1. The van der Waals surface area contributed by atoms with E-state index in [1.807, 2.05) is 25.1 Å². The first-order chi connectivity index (χ1) is 13.0. The summed E-state index contributed by atoms with van der Waals surface area (Å²) in [6, 6.07) is 10.8. The van der Waals surface area contributed by atoms with Gasteiger partial charge in [-0.3, -0.25) is 9.36 Å². The number of carbonyl (C=O) groups is 1. The van der Waals surface area contributed by atoms with E-state index in [9.17, 15) is 4.79 Å². The molecule has 140 valence electrons. The number of methoxy groups -OCH3 is 2. The zero-order valence-corrected chi connectivity index (χ0v) is 16.7. The molecular weight excluding hydrogens is 386 g/mol. The van der Waals surface area contributed by atoms with Crippen LogP contribution in [-0.4, -0.2) is 40.5 Å². The maximum absolute atomic E-state index is 12.6. The Morgan fingerprint density at radius 1 is 1.15 bits per heavy atom. The van der Waals surface area contributed by atoms with Crippen molar-refractivity contribution in [1.29, 1.82) is 0 Å². The van der Waals surface area contributed by atoms with Gasteiger partial charge in [-0.25, -0.2) is 0 Å². The molecule has 0 fully saturated rings. The molecule has 1 heterocycles. The van der Waals surface area contributed by atoms with Gasteiger partial charge in [-0.2, -0.15) is 0 Å². The molecule has 1 aromatic heterocycles. The number of aryl methyl sites for hydroxylation is 1. The number of ether oxygens (including phenoxy) is 2. The Kier molecular flexibility index (Phi) is 6.03. The Labute approximate surface area is 166 Å². The molecule has 0 aliphatic heterocycles. The first kappa shape index (κ1) is 19.3. The van der Waals surface area contributed by atoms with Crippen molar-refractivity contribution in [2.45, 2.75) is 12.1 Å². The highest BCUT2D eigenvalue weighted by molar-refractivity contribution is 7.99. The third-order valence-electron chi connectivity index (χ3n) is 3.99. The van der Waals surface area contributed by atoms with Gasteiger partial charge in [-0.05, 0) is 42.8 Å². The standard InChI is InChI=1S/C19H18ClN3O3S/c1-12-4-6-14(9-15(12)20)23-11-21-22-19(23)27-10-16(24)13-5-7-17(25-2)18(8-13)26-3/h4-9,11H,10H2,1-3H3. The number of hydrogen-bond acceptors (Lipinski definition) is 6. The molecule has 0 bridgehead atoms. The number of benzene rings is 2.